The number of carbonyl (C=O) groups is 1. The zero-order chi connectivity index (χ0) is 20.9. The van der Waals surface area contributed by atoms with Crippen LogP contribution >= 0.6 is 22.9 Å². The van der Waals surface area contributed by atoms with Crippen LogP contribution in [0.15, 0.2) is 35.7 Å². The molecule has 1 N–H and O–H groups in total. The Bertz CT molecular complexity index is 1010. The zero-order valence-corrected chi connectivity index (χ0v) is 18.2. The molecular formula is C21H23ClN4O3S. The van der Waals surface area contributed by atoms with Gasteiger partial charge in [-0.05, 0) is 25.1 Å². The van der Waals surface area contributed by atoms with Gasteiger partial charge in [-0.15, -0.1) is 11.3 Å². The van der Waals surface area contributed by atoms with Crippen molar-refractivity contribution in [2.24, 2.45) is 0 Å². The van der Waals surface area contributed by atoms with Gasteiger partial charge in [-0.3, -0.25) is 9.89 Å². The fourth-order valence-corrected chi connectivity index (χ4v) is 4.12. The predicted molar refractivity (Wildman–Crippen MR) is 115 cm³/mol. The second-order valence-electron chi connectivity index (χ2n) is 7.08. The number of halogens is 1. The van der Waals surface area contributed by atoms with Gasteiger partial charge in [0, 0.05) is 24.0 Å². The molecule has 7 nitrogen and oxygen atoms in total. The Hall–Kier alpha value is -2.42. The number of thiazole rings is 1. The molecule has 0 aliphatic carbocycles. The maximum absolute atomic E-state index is 12.6. The average molecular weight is 447 g/mol. The summed E-state index contributed by atoms with van der Waals surface area (Å²) in [6.45, 7) is 3.99. The lowest BCUT2D eigenvalue weighted by molar-refractivity contribution is -0.138. The molecule has 4 rings (SSSR count). The topological polar surface area (TPSA) is 80.3 Å². The van der Waals surface area contributed by atoms with Crippen LogP contribution in [0.5, 0.6) is 5.75 Å². The second-order valence-corrected chi connectivity index (χ2v) is 8.55. The Morgan fingerprint density at radius 3 is 3.10 bits per heavy atom. The van der Waals surface area contributed by atoms with E-state index in [9.17, 15) is 4.79 Å². The van der Waals surface area contributed by atoms with E-state index in [-0.39, 0.29) is 12.0 Å². The number of hydrogen-bond donors (Lipinski definition) is 1. The van der Waals surface area contributed by atoms with Crippen LogP contribution in [0.4, 0.5) is 0 Å². The number of aryl methyl sites for hydroxylation is 1. The van der Waals surface area contributed by atoms with Gasteiger partial charge in [-0.1, -0.05) is 23.7 Å². The summed E-state index contributed by atoms with van der Waals surface area (Å²) in [5, 5.41) is 10.9. The predicted octanol–water partition coefficient (Wildman–Crippen LogP) is 3.59. The van der Waals surface area contributed by atoms with Gasteiger partial charge in [-0.2, -0.15) is 5.10 Å². The van der Waals surface area contributed by atoms with E-state index >= 15 is 0 Å². The molecule has 1 aliphatic rings. The molecule has 9 heteroatoms. The molecule has 1 fully saturated rings. The van der Waals surface area contributed by atoms with E-state index in [0.29, 0.717) is 49.9 Å². The molecule has 2 aromatic heterocycles. The number of nitrogens with one attached hydrogen (secondary N) is 1. The van der Waals surface area contributed by atoms with Crippen molar-refractivity contribution in [2.75, 3.05) is 26.3 Å². The molecule has 0 unspecified atom stereocenters. The van der Waals surface area contributed by atoms with E-state index in [0.717, 1.165) is 22.1 Å². The lowest BCUT2D eigenvalue weighted by atomic mass is 10.1. The smallest absolute Gasteiger partial charge is 0.228 e. The van der Waals surface area contributed by atoms with E-state index in [1.165, 1.54) is 0 Å². The average Bonchev–Trinajstić information content (AvgIpc) is 3.38. The molecule has 1 atom stereocenters. The van der Waals surface area contributed by atoms with Crippen molar-refractivity contribution in [3.63, 3.8) is 0 Å². The first-order valence-corrected chi connectivity index (χ1v) is 11.1. The van der Waals surface area contributed by atoms with Crippen LogP contribution in [0.3, 0.4) is 0 Å². The van der Waals surface area contributed by atoms with E-state index in [1.807, 2.05) is 41.5 Å². The number of nitrogens with zero attached hydrogens (tertiary/aromatic N) is 3. The number of benzene rings is 1. The summed E-state index contributed by atoms with van der Waals surface area (Å²) in [6, 6.07) is 9.37. The largest absolute Gasteiger partial charge is 0.492 e. The number of hydrogen-bond acceptors (Lipinski definition) is 6. The van der Waals surface area contributed by atoms with Gasteiger partial charge in [0.15, 0.2) is 0 Å². The number of morpholine rings is 1. The summed E-state index contributed by atoms with van der Waals surface area (Å²) in [5.41, 5.74) is 2.57. The molecule has 0 spiro atoms. The molecule has 1 saturated heterocycles. The summed E-state index contributed by atoms with van der Waals surface area (Å²) >= 11 is 7.67. The van der Waals surface area contributed by atoms with Crippen molar-refractivity contribution in [1.82, 2.24) is 20.1 Å². The lowest BCUT2D eigenvalue weighted by Gasteiger charge is -2.32. The number of aromatic nitrogens is 3. The summed E-state index contributed by atoms with van der Waals surface area (Å²) in [7, 11) is 0. The molecule has 0 bridgehead atoms. The maximum Gasteiger partial charge on any atom is 0.228 e. The first kappa shape index (κ1) is 20.8. The van der Waals surface area contributed by atoms with Crippen molar-refractivity contribution in [3.05, 3.63) is 62.8 Å². The Morgan fingerprint density at radius 2 is 2.30 bits per heavy atom. The highest BCUT2D eigenvalue weighted by Gasteiger charge is 2.27. The zero-order valence-electron chi connectivity index (χ0n) is 16.6. The van der Waals surface area contributed by atoms with Gasteiger partial charge in [0.05, 0.1) is 47.6 Å². The number of para-hydroxylation sites is 1. The van der Waals surface area contributed by atoms with E-state index < -0.39 is 0 Å². The van der Waals surface area contributed by atoms with Gasteiger partial charge in [-0.25, -0.2) is 4.98 Å². The fourth-order valence-electron chi connectivity index (χ4n) is 3.32. The number of amides is 1. The summed E-state index contributed by atoms with van der Waals surface area (Å²) in [6.07, 6.45) is 0.744. The molecule has 1 amide bonds. The van der Waals surface area contributed by atoms with E-state index in [1.54, 1.807) is 17.4 Å². The standard InChI is InChI=1S/C21H23ClN4O3S/c1-14-23-16(13-30-14)11-21(27)26-7-9-29-20(12-26)18-10-15(24-25-18)6-8-28-19-5-3-2-4-17(19)22/h2-5,10,13,20H,6-9,11-12H2,1H3,(H,24,25)/t20-/m1/s1. The molecule has 3 aromatic rings. The Kier molecular flexibility index (Phi) is 6.66. The number of aromatic amines is 1. The SMILES string of the molecule is Cc1nc(CC(=O)N2CCO[C@@H](c3cc(CCOc4ccccc4Cl)[nH]n3)C2)cs1. The number of ether oxygens (including phenoxy) is 2. The van der Waals surface area contributed by atoms with Crippen molar-refractivity contribution < 1.29 is 14.3 Å². The molecule has 30 heavy (non-hydrogen) atoms. The van der Waals surface area contributed by atoms with Crippen LogP contribution in [0.25, 0.3) is 0 Å². The van der Waals surface area contributed by atoms with Gasteiger partial charge in [0.2, 0.25) is 5.91 Å². The van der Waals surface area contributed by atoms with Crippen molar-refractivity contribution >= 4 is 28.8 Å². The third kappa shape index (κ3) is 5.19. The highest BCUT2D eigenvalue weighted by molar-refractivity contribution is 7.09. The number of carbonyl (C=O) groups excluding carboxylic acids is 1. The van der Waals surface area contributed by atoms with Crippen LogP contribution in [0.2, 0.25) is 5.02 Å². The molecule has 0 saturated carbocycles. The Balaban J connectivity index is 1.30. The number of rotatable bonds is 7. The summed E-state index contributed by atoms with van der Waals surface area (Å²) < 4.78 is 11.6. The van der Waals surface area contributed by atoms with Crippen molar-refractivity contribution in [1.29, 1.82) is 0 Å². The van der Waals surface area contributed by atoms with Gasteiger partial charge in [0.1, 0.15) is 11.9 Å². The summed E-state index contributed by atoms with van der Waals surface area (Å²) in [4.78, 5) is 18.9. The molecule has 1 aromatic carbocycles. The highest BCUT2D eigenvalue weighted by Crippen LogP contribution is 2.24. The molecular weight excluding hydrogens is 424 g/mol. The van der Waals surface area contributed by atoms with Crippen LogP contribution in [-0.4, -0.2) is 52.3 Å². The quantitative estimate of drug-likeness (QED) is 0.599. The monoisotopic (exact) mass is 446 g/mol. The second kappa shape index (κ2) is 9.59. The van der Waals surface area contributed by atoms with Crippen LogP contribution in [-0.2, 0) is 22.4 Å². The van der Waals surface area contributed by atoms with Crippen molar-refractivity contribution in [3.8, 4) is 5.75 Å². The minimum absolute atomic E-state index is 0.0671. The molecule has 158 valence electrons. The minimum Gasteiger partial charge on any atom is -0.492 e. The van der Waals surface area contributed by atoms with E-state index in [4.69, 9.17) is 21.1 Å². The maximum atomic E-state index is 12.6. The first-order valence-electron chi connectivity index (χ1n) is 9.80. The van der Waals surface area contributed by atoms with E-state index in [2.05, 4.69) is 15.2 Å². The van der Waals surface area contributed by atoms with Crippen LogP contribution in [0, 0.1) is 6.92 Å². The molecule has 1 aliphatic heterocycles. The molecule has 3 heterocycles. The Morgan fingerprint density at radius 1 is 1.43 bits per heavy atom. The first-order chi connectivity index (χ1) is 14.6. The lowest BCUT2D eigenvalue weighted by Crippen LogP contribution is -2.43. The third-order valence-electron chi connectivity index (χ3n) is 4.86. The Labute approximate surface area is 184 Å². The van der Waals surface area contributed by atoms with Gasteiger partial charge in [0.25, 0.3) is 0 Å². The summed E-state index contributed by atoms with van der Waals surface area (Å²) in [5.74, 6) is 0.733. The normalized spacial score (nSPS) is 16.6. The molecule has 0 radical (unpaired) electrons. The van der Waals surface area contributed by atoms with Crippen molar-refractivity contribution in [2.45, 2.75) is 25.9 Å². The third-order valence-corrected chi connectivity index (χ3v) is 6.00. The van der Waals surface area contributed by atoms with Crippen LogP contribution < -0.4 is 4.74 Å². The van der Waals surface area contributed by atoms with Gasteiger partial charge >= 0.3 is 0 Å². The minimum atomic E-state index is -0.241. The fraction of sp³-hybridized carbons (Fsp3) is 0.381. The van der Waals surface area contributed by atoms with Gasteiger partial charge < -0.3 is 14.4 Å². The highest BCUT2D eigenvalue weighted by atomic mass is 35.5. The van der Waals surface area contributed by atoms with Crippen LogP contribution in [0.1, 0.15) is 28.2 Å². The number of H-pyrrole nitrogens is 1.